The second-order valence-corrected chi connectivity index (χ2v) is 3.50. The normalized spacial score (nSPS) is 9.65. The molecule has 0 N–H and O–H groups in total. The molecule has 17 heavy (non-hydrogen) atoms. The third kappa shape index (κ3) is 2.18. The van der Waals surface area contributed by atoms with Crippen LogP contribution in [-0.2, 0) is 0 Å². The van der Waals surface area contributed by atoms with Gasteiger partial charge in [-0.25, -0.2) is 0 Å². The lowest BCUT2D eigenvalue weighted by Crippen LogP contribution is -2.25. The molecule has 1 aromatic heterocycles. The van der Waals surface area contributed by atoms with E-state index in [2.05, 4.69) is 0 Å². The lowest BCUT2D eigenvalue weighted by atomic mass is 10.2. The number of amides is 1. The highest BCUT2D eigenvalue weighted by atomic mass is 16.3. The summed E-state index contributed by atoms with van der Waals surface area (Å²) in [6.45, 7) is 0. The van der Waals surface area contributed by atoms with E-state index in [0.717, 1.165) is 0 Å². The van der Waals surface area contributed by atoms with Crippen LogP contribution in [0.3, 0.4) is 0 Å². The standard InChI is InChI=1S/C13H10N2O2/c1-15(13(16)12-3-2-8-17-12)11-6-4-10(9-14)5-7-11/h2-8H,1H3. The first-order chi connectivity index (χ1) is 8.22. The Morgan fingerprint density at radius 2 is 2.00 bits per heavy atom. The molecule has 1 aromatic carbocycles. The van der Waals surface area contributed by atoms with Crippen LogP contribution in [0.25, 0.3) is 0 Å². The molecular formula is C13H10N2O2. The molecule has 0 aliphatic carbocycles. The third-order valence-electron chi connectivity index (χ3n) is 2.42. The summed E-state index contributed by atoms with van der Waals surface area (Å²) >= 11 is 0. The molecule has 0 radical (unpaired) electrons. The van der Waals surface area contributed by atoms with Crippen LogP contribution in [0.5, 0.6) is 0 Å². The van der Waals surface area contributed by atoms with Gasteiger partial charge in [-0.15, -0.1) is 0 Å². The summed E-state index contributed by atoms with van der Waals surface area (Å²) in [6.07, 6.45) is 1.46. The van der Waals surface area contributed by atoms with Crippen LogP contribution >= 0.6 is 0 Å². The van der Waals surface area contributed by atoms with Crippen molar-refractivity contribution in [2.45, 2.75) is 0 Å². The smallest absolute Gasteiger partial charge is 0.293 e. The van der Waals surface area contributed by atoms with Crippen molar-refractivity contribution in [3.8, 4) is 6.07 Å². The molecule has 0 saturated carbocycles. The molecule has 1 amide bonds. The molecule has 0 spiro atoms. The van der Waals surface area contributed by atoms with Gasteiger partial charge in [0.05, 0.1) is 17.9 Å². The molecule has 0 atom stereocenters. The predicted molar refractivity (Wildman–Crippen MR) is 62.6 cm³/mol. The van der Waals surface area contributed by atoms with Crippen molar-refractivity contribution >= 4 is 11.6 Å². The molecule has 2 rings (SSSR count). The summed E-state index contributed by atoms with van der Waals surface area (Å²) in [5, 5.41) is 8.68. The first kappa shape index (κ1) is 11.0. The average molecular weight is 226 g/mol. The van der Waals surface area contributed by atoms with Crippen LogP contribution in [-0.4, -0.2) is 13.0 Å². The van der Waals surface area contributed by atoms with Gasteiger partial charge in [0.1, 0.15) is 0 Å². The van der Waals surface area contributed by atoms with Crippen LogP contribution < -0.4 is 4.90 Å². The van der Waals surface area contributed by atoms with E-state index in [0.29, 0.717) is 11.3 Å². The number of hydrogen-bond donors (Lipinski definition) is 0. The Morgan fingerprint density at radius 3 is 2.53 bits per heavy atom. The molecule has 0 aliphatic rings. The van der Waals surface area contributed by atoms with Crippen molar-refractivity contribution in [1.29, 1.82) is 5.26 Å². The minimum Gasteiger partial charge on any atom is -0.459 e. The van der Waals surface area contributed by atoms with E-state index in [1.807, 2.05) is 6.07 Å². The second-order valence-electron chi connectivity index (χ2n) is 3.50. The van der Waals surface area contributed by atoms with Crippen molar-refractivity contribution in [3.05, 3.63) is 54.0 Å². The minimum atomic E-state index is -0.222. The zero-order valence-corrected chi connectivity index (χ0v) is 9.25. The quantitative estimate of drug-likeness (QED) is 0.790. The fourth-order valence-electron chi connectivity index (χ4n) is 1.44. The van der Waals surface area contributed by atoms with Gasteiger partial charge in [-0.05, 0) is 36.4 Å². The predicted octanol–water partition coefficient (Wildman–Crippen LogP) is 2.43. The lowest BCUT2D eigenvalue weighted by Gasteiger charge is -2.15. The maximum absolute atomic E-state index is 11.9. The largest absolute Gasteiger partial charge is 0.459 e. The third-order valence-corrected chi connectivity index (χ3v) is 2.42. The van der Waals surface area contributed by atoms with Gasteiger partial charge in [0, 0.05) is 12.7 Å². The van der Waals surface area contributed by atoms with Crippen LogP contribution in [0.1, 0.15) is 16.1 Å². The Kier molecular flexibility index (Phi) is 2.93. The Bertz CT molecular complexity index is 550. The SMILES string of the molecule is CN(C(=O)c1ccco1)c1ccc(C#N)cc1. The van der Waals surface area contributed by atoms with Gasteiger partial charge < -0.3 is 9.32 Å². The van der Waals surface area contributed by atoms with Gasteiger partial charge in [0.25, 0.3) is 5.91 Å². The highest BCUT2D eigenvalue weighted by molar-refractivity contribution is 6.03. The number of rotatable bonds is 2. The Morgan fingerprint density at radius 1 is 1.29 bits per heavy atom. The minimum absolute atomic E-state index is 0.222. The van der Waals surface area contributed by atoms with E-state index in [-0.39, 0.29) is 11.7 Å². The lowest BCUT2D eigenvalue weighted by molar-refractivity contribution is 0.0966. The highest BCUT2D eigenvalue weighted by Crippen LogP contribution is 2.16. The summed E-state index contributed by atoms with van der Waals surface area (Å²) in [5.74, 6) is 0.0663. The summed E-state index contributed by atoms with van der Waals surface area (Å²) < 4.78 is 5.04. The molecule has 2 aromatic rings. The number of nitrogens with zero attached hydrogens (tertiary/aromatic N) is 2. The fourth-order valence-corrected chi connectivity index (χ4v) is 1.44. The molecule has 0 aliphatic heterocycles. The molecule has 4 heteroatoms. The van der Waals surface area contributed by atoms with Crippen LogP contribution in [0, 0.1) is 11.3 Å². The van der Waals surface area contributed by atoms with Crippen molar-refractivity contribution < 1.29 is 9.21 Å². The first-order valence-electron chi connectivity index (χ1n) is 5.04. The van der Waals surface area contributed by atoms with E-state index in [1.165, 1.54) is 11.2 Å². The fraction of sp³-hybridized carbons (Fsp3) is 0.0769. The summed E-state index contributed by atoms with van der Waals surface area (Å²) in [7, 11) is 1.66. The number of hydrogen-bond acceptors (Lipinski definition) is 3. The molecule has 0 unspecified atom stereocenters. The molecule has 0 saturated heterocycles. The van der Waals surface area contributed by atoms with E-state index in [1.54, 1.807) is 43.4 Å². The van der Waals surface area contributed by atoms with Crippen LogP contribution in [0.4, 0.5) is 5.69 Å². The van der Waals surface area contributed by atoms with E-state index >= 15 is 0 Å². The Balaban J connectivity index is 2.22. The maximum Gasteiger partial charge on any atom is 0.293 e. The van der Waals surface area contributed by atoms with Crippen LogP contribution in [0.2, 0.25) is 0 Å². The topological polar surface area (TPSA) is 57.2 Å². The molecule has 1 heterocycles. The van der Waals surface area contributed by atoms with E-state index in [9.17, 15) is 4.79 Å². The first-order valence-corrected chi connectivity index (χ1v) is 5.04. The monoisotopic (exact) mass is 226 g/mol. The average Bonchev–Trinajstić information content (AvgIpc) is 2.91. The summed E-state index contributed by atoms with van der Waals surface area (Å²) in [4.78, 5) is 13.4. The molecular weight excluding hydrogens is 216 g/mol. The summed E-state index contributed by atoms with van der Waals surface area (Å²) in [6, 6.07) is 12.1. The van der Waals surface area contributed by atoms with Crippen LogP contribution in [0.15, 0.2) is 47.1 Å². The van der Waals surface area contributed by atoms with Gasteiger partial charge in [0.2, 0.25) is 0 Å². The van der Waals surface area contributed by atoms with Crippen molar-refractivity contribution in [2.24, 2.45) is 0 Å². The zero-order chi connectivity index (χ0) is 12.3. The van der Waals surface area contributed by atoms with E-state index < -0.39 is 0 Å². The van der Waals surface area contributed by atoms with Crippen molar-refractivity contribution in [2.75, 3.05) is 11.9 Å². The number of furan rings is 1. The number of carbonyl (C=O) groups is 1. The second kappa shape index (κ2) is 4.54. The zero-order valence-electron chi connectivity index (χ0n) is 9.25. The molecule has 4 nitrogen and oxygen atoms in total. The number of anilines is 1. The highest BCUT2D eigenvalue weighted by Gasteiger charge is 2.15. The van der Waals surface area contributed by atoms with Gasteiger partial charge >= 0.3 is 0 Å². The van der Waals surface area contributed by atoms with E-state index in [4.69, 9.17) is 9.68 Å². The van der Waals surface area contributed by atoms with Gasteiger partial charge in [0.15, 0.2) is 5.76 Å². The number of nitriles is 1. The number of benzene rings is 1. The Hall–Kier alpha value is -2.54. The van der Waals surface area contributed by atoms with Crippen molar-refractivity contribution in [1.82, 2.24) is 0 Å². The van der Waals surface area contributed by atoms with Crippen molar-refractivity contribution in [3.63, 3.8) is 0 Å². The molecule has 0 bridgehead atoms. The Labute approximate surface area is 98.7 Å². The maximum atomic E-state index is 11.9. The van der Waals surface area contributed by atoms with Gasteiger partial charge in [-0.2, -0.15) is 5.26 Å². The summed E-state index contributed by atoms with van der Waals surface area (Å²) in [5.41, 5.74) is 1.28. The molecule has 0 fully saturated rings. The number of carbonyl (C=O) groups excluding carboxylic acids is 1. The molecule has 84 valence electrons. The van der Waals surface area contributed by atoms with Gasteiger partial charge in [-0.1, -0.05) is 0 Å². The van der Waals surface area contributed by atoms with Gasteiger partial charge in [-0.3, -0.25) is 4.79 Å².